The Morgan fingerprint density at radius 2 is 1.66 bits per heavy atom. The number of carbonyl (C=O) groups excluding carboxylic acids is 2. The Morgan fingerprint density at radius 1 is 0.969 bits per heavy atom. The first-order valence-electron chi connectivity index (χ1n) is 10.1. The molecule has 0 fully saturated rings. The van der Waals surface area contributed by atoms with Crippen molar-refractivity contribution >= 4 is 35.0 Å². The van der Waals surface area contributed by atoms with Gasteiger partial charge >= 0.3 is 0 Å². The zero-order chi connectivity index (χ0) is 23.1. The molecule has 4 nitrogen and oxygen atoms in total. The molecule has 0 unspecified atom stereocenters. The molecule has 3 rings (SSSR count). The molecule has 0 aromatic heterocycles. The fourth-order valence-electron chi connectivity index (χ4n) is 3.43. The van der Waals surface area contributed by atoms with E-state index in [-0.39, 0.29) is 30.6 Å². The number of nitrogens with zero attached hydrogens (tertiary/aromatic N) is 1. The quantitative estimate of drug-likeness (QED) is 0.497. The van der Waals surface area contributed by atoms with Gasteiger partial charge < -0.3 is 10.2 Å². The second-order valence-electron chi connectivity index (χ2n) is 7.38. The van der Waals surface area contributed by atoms with E-state index in [4.69, 9.17) is 23.2 Å². The highest BCUT2D eigenvalue weighted by Crippen LogP contribution is 2.24. The van der Waals surface area contributed by atoms with Gasteiger partial charge in [-0.15, -0.1) is 0 Å². The molecule has 0 heterocycles. The van der Waals surface area contributed by atoms with E-state index >= 15 is 0 Å². The van der Waals surface area contributed by atoms with Gasteiger partial charge in [-0.2, -0.15) is 0 Å². The molecule has 0 spiro atoms. The van der Waals surface area contributed by atoms with Gasteiger partial charge in [-0.1, -0.05) is 71.7 Å². The van der Waals surface area contributed by atoms with Crippen LogP contribution in [0.25, 0.3) is 0 Å². The molecular formula is C25H23Cl2FN2O2. The Balaban J connectivity index is 1.96. The van der Waals surface area contributed by atoms with Crippen LogP contribution >= 0.6 is 23.2 Å². The molecule has 1 atom stereocenters. The predicted molar refractivity (Wildman–Crippen MR) is 125 cm³/mol. The third kappa shape index (κ3) is 6.31. The van der Waals surface area contributed by atoms with Gasteiger partial charge in [-0.05, 0) is 41.0 Å². The number of nitrogens with one attached hydrogen (secondary N) is 1. The third-order valence-corrected chi connectivity index (χ3v) is 5.73. The number of amides is 2. The van der Waals surface area contributed by atoms with Crippen LogP contribution in [0.1, 0.15) is 16.7 Å². The summed E-state index contributed by atoms with van der Waals surface area (Å²) in [4.78, 5) is 27.8. The molecule has 0 saturated carbocycles. The summed E-state index contributed by atoms with van der Waals surface area (Å²) in [5.41, 5.74) is 2.24. The summed E-state index contributed by atoms with van der Waals surface area (Å²) >= 11 is 12.4. The van der Waals surface area contributed by atoms with E-state index in [0.717, 1.165) is 5.56 Å². The van der Waals surface area contributed by atoms with E-state index < -0.39 is 6.04 Å². The minimum atomic E-state index is -0.762. The molecule has 0 aliphatic heterocycles. The predicted octanol–water partition coefficient (Wildman–Crippen LogP) is 5.06. The fourth-order valence-corrected chi connectivity index (χ4v) is 3.90. The Labute approximate surface area is 197 Å². The van der Waals surface area contributed by atoms with Crippen LogP contribution in [0.2, 0.25) is 10.0 Å². The molecule has 2 amide bonds. The molecule has 7 heteroatoms. The highest BCUT2D eigenvalue weighted by atomic mass is 35.5. The van der Waals surface area contributed by atoms with E-state index in [1.54, 1.807) is 30.3 Å². The molecule has 0 radical (unpaired) electrons. The molecule has 1 N–H and O–H groups in total. The van der Waals surface area contributed by atoms with Crippen molar-refractivity contribution in [3.63, 3.8) is 0 Å². The lowest BCUT2D eigenvalue weighted by Gasteiger charge is -2.31. The largest absolute Gasteiger partial charge is 0.357 e. The smallest absolute Gasteiger partial charge is 0.242 e. The van der Waals surface area contributed by atoms with Crippen molar-refractivity contribution in [2.24, 2.45) is 0 Å². The van der Waals surface area contributed by atoms with E-state index in [1.165, 1.54) is 24.1 Å². The fraction of sp³-hybridized carbons (Fsp3) is 0.200. The van der Waals surface area contributed by atoms with Crippen LogP contribution in [0.15, 0.2) is 72.8 Å². The molecule has 0 aliphatic rings. The second-order valence-corrected chi connectivity index (χ2v) is 8.22. The van der Waals surface area contributed by atoms with Crippen molar-refractivity contribution in [3.8, 4) is 0 Å². The van der Waals surface area contributed by atoms with Crippen molar-refractivity contribution < 1.29 is 14.0 Å². The maximum absolute atomic E-state index is 13.4. The number of benzene rings is 3. The van der Waals surface area contributed by atoms with Gasteiger partial charge in [0.15, 0.2) is 0 Å². The summed E-state index contributed by atoms with van der Waals surface area (Å²) in [6, 6.07) is 19.5. The van der Waals surface area contributed by atoms with Gasteiger partial charge in [0.05, 0.1) is 6.42 Å². The van der Waals surface area contributed by atoms with E-state index in [2.05, 4.69) is 5.32 Å². The van der Waals surface area contributed by atoms with E-state index in [0.29, 0.717) is 27.6 Å². The molecule has 166 valence electrons. The van der Waals surface area contributed by atoms with Crippen molar-refractivity contribution in [1.29, 1.82) is 0 Å². The van der Waals surface area contributed by atoms with Gasteiger partial charge in [0, 0.05) is 30.1 Å². The van der Waals surface area contributed by atoms with Crippen LogP contribution in [0.4, 0.5) is 4.39 Å². The number of hydrogen-bond donors (Lipinski definition) is 1. The highest BCUT2D eigenvalue weighted by Gasteiger charge is 2.30. The zero-order valence-corrected chi connectivity index (χ0v) is 19.0. The first-order valence-corrected chi connectivity index (χ1v) is 10.9. The molecular weight excluding hydrogens is 450 g/mol. The van der Waals surface area contributed by atoms with Gasteiger partial charge in [-0.3, -0.25) is 9.59 Å². The summed E-state index contributed by atoms with van der Waals surface area (Å²) in [6.07, 6.45) is 0.356. The van der Waals surface area contributed by atoms with Crippen molar-refractivity contribution in [3.05, 3.63) is 105 Å². The summed E-state index contributed by atoms with van der Waals surface area (Å²) in [5.74, 6) is -0.933. The first kappa shape index (κ1) is 23.8. The van der Waals surface area contributed by atoms with Crippen molar-refractivity contribution in [1.82, 2.24) is 10.2 Å². The Kier molecular flexibility index (Phi) is 8.26. The average Bonchev–Trinajstić information content (AvgIpc) is 2.79. The first-order chi connectivity index (χ1) is 15.4. The van der Waals surface area contributed by atoms with Crippen molar-refractivity contribution in [2.75, 3.05) is 7.05 Å². The minimum absolute atomic E-state index is 0.0216. The normalized spacial score (nSPS) is 11.6. The lowest BCUT2D eigenvalue weighted by atomic mass is 10.0. The zero-order valence-electron chi connectivity index (χ0n) is 17.5. The second kappa shape index (κ2) is 11.1. The lowest BCUT2D eigenvalue weighted by Crippen LogP contribution is -2.50. The number of rotatable bonds is 8. The molecule has 3 aromatic rings. The SMILES string of the molecule is CNC(=O)[C@H](Cc1ccccc1)N(Cc1ccc(Cl)cc1Cl)C(=O)Cc1ccc(F)cc1. The minimum Gasteiger partial charge on any atom is -0.357 e. The van der Waals surface area contributed by atoms with Crippen LogP contribution in [0.5, 0.6) is 0 Å². The summed E-state index contributed by atoms with van der Waals surface area (Å²) < 4.78 is 13.3. The Morgan fingerprint density at radius 3 is 2.28 bits per heavy atom. The van der Waals surface area contributed by atoms with Crippen LogP contribution in [0, 0.1) is 5.82 Å². The van der Waals surface area contributed by atoms with E-state index in [1.807, 2.05) is 30.3 Å². The van der Waals surface area contributed by atoms with Crippen LogP contribution in [-0.2, 0) is 29.0 Å². The molecule has 0 saturated heterocycles. The van der Waals surface area contributed by atoms with Gasteiger partial charge in [0.25, 0.3) is 0 Å². The van der Waals surface area contributed by atoms with Crippen LogP contribution in [-0.4, -0.2) is 29.8 Å². The Hall–Kier alpha value is -2.89. The average molecular weight is 473 g/mol. The monoisotopic (exact) mass is 472 g/mol. The maximum Gasteiger partial charge on any atom is 0.242 e. The number of carbonyl (C=O) groups is 2. The number of hydrogen-bond acceptors (Lipinski definition) is 2. The topological polar surface area (TPSA) is 49.4 Å². The maximum atomic E-state index is 13.4. The van der Waals surface area contributed by atoms with Gasteiger partial charge in [0.1, 0.15) is 11.9 Å². The highest BCUT2D eigenvalue weighted by molar-refractivity contribution is 6.35. The molecule has 3 aromatic carbocycles. The standard InChI is InChI=1S/C25H23Cl2FN2O2/c1-29-25(32)23(13-17-5-3-2-4-6-17)30(16-19-9-10-20(26)15-22(19)27)24(31)14-18-7-11-21(28)12-8-18/h2-12,15,23H,13-14,16H2,1H3,(H,29,32)/t23-/m0/s1. The molecule has 0 bridgehead atoms. The number of halogens is 3. The molecule has 32 heavy (non-hydrogen) atoms. The van der Waals surface area contributed by atoms with E-state index in [9.17, 15) is 14.0 Å². The number of likely N-dealkylation sites (N-methyl/N-ethyl adjacent to an activating group) is 1. The van der Waals surface area contributed by atoms with Crippen LogP contribution in [0.3, 0.4) is 0 Å². The third-order valence-electron chi connectivity index (χ3n) is 5.14. The molecule has 0 aliphatic carbocycles. The van der Waals surface area contributed by atoms with Gasteiger partial charge in [0.2, 0.25) is 11.8 Å². The summed E-state index contributed by atoms with van der Waals surface area (Å²) in [5, 5.41) is 3.56. The summed E-state index contributed by atoms with van der Waals surface area (Å²) in [7, 11) is 1.54. The summed E-state index contributed by atoms with van der Waals surface area (Å²) in [6.45, 7) is 0.126. The van der Waals surface area contributed by atoms with Crippen molar-refractivity contribution in [2.45, 2.75) is 25.4 Å². The lowest BCUT2D eigenvalue weighted by molar-refractivity contribution is -0.140. The van der Waals surface area contributed by atoms with Gasteiger partial charge in [-0.25, -0.2) is 4.39 Å². The van der Waals surface area contributed by atoms with Crippen LogP contribution < -0.4 is 5.32 Å². The Bertz CT molecular complexity index is 1080.